The average molecular weight is 188 g/mol. The van der Waals surface area contributed by atoms with Crippen molar-refractivity contribution in [1.29, 1.82) is 0 Å². The number of esters is 1. The van der Waals surface area contributed by atoms with Crippen LogP contribution in [0.3, 0.4) is 0 Å². The van der Waals surface area contributed by atoms with E-state index < -0.39 is 17.8 Å². The maximum absolute atomic E-state index is 10.7. The highest BCUT2D eigenvalue weighted by molar-refractivity contribution is 6.37. The molecule has 7 heteroatoms. The van der Waals surface area contributed by atoms with Crippen molar-refractivity contribution in [1.82, 2.24) is 0 Å². The molecule has 0 aromatic rings. The fourth-order valence-electron chi connectivity index (χ4n) is 0.628. The summed E-state index contributed by atoms with van der Waals surface area (Å²) in [5.41, 5.74) is 4.98. The number of carboxylic acid groups (broad SMARTS) is 1. The van der Waals surface area contributed by atoms with E-state index in [0.717, 1.165) is 7.48 Å². The first-order valence-corrected chi connectivity index (χ1v) is 3.56. The summed E-state index contributed by atoms with van der Waals surface area (Å²) in [6, 6.07) is 0. The van der Waals surface area contributed by atoms with Crippen LogP contribution in [0.4, 0.5) is 0 Å². The van der Waals surface area contributed by atoms with Crippen LogP contribution in [0.2, 0.25) is 5.82 Å². The number of hydrogen-bond acceptors (Lipinski definition) is 5. The summed E-state index contributed by atoms with van der Waals surface area (Å²) in [6.45, 7) is -0.120. The van der Waals surface area contributed by atoms with Gasteiger partial charge in [-0.2, -0.15) is 0 Å². The Morgan fingerprint density at radius 1 is 1.62 bits per heavy atom. The predicted molar refractivity (Wildman–Crippen MR) is 43.9 cm³/mol. The summed E-state index contributed by atoms with van der Waals surface area (Å²) < 4.78 is 8.87. The van der Waals surface area contributed by atoms with Gasteiger partial charge in [0.2, 0.25) is 0 Å². The molecule has 0 bridgehead atoms. The van der Waals surface area contributed by atoms with Gasteiger partial charge in [-0.25, -0.2) is 0 Å². The Bertz CT molecular complexity index is 186. The maximum atomic E-state index is 10.7. The Labute approximate surface area is 76.3 Å². The van der Waals surface area contributed by atoms with Crippen LogP contribution in [-0.4, -0.2) is 38.4 Å². The molecule has 0 rings (SSSR count). The predicted octanol–water partition coefficient (Wildman–Crippen LogP) is -1.03. The standard InChI is InChI=1S/C6H11BNO5/c1-12-5(9)2-4(6(10)11)7-13-3-8/h4H,2-3,8H2,1H3,(H,10,11)/t4-/m0/s1. The molecule has 0 aliphatic rings. The SMILES string of the molecule is COC(=O)C[C@H]([B]OCN)C(=O)O. The molecule has 0 amide bonds. The molecule has 1 radical (unpaired) electrons. The van der Waals surface area contributed by atoms with Gasteiger partial charge in [-0.1, -0.05) is 0 Å². The zero-order chi connectivity index (χ0) is 10.3. The Kier molecular flexibility index (Phi) is 5.91. The summed E-state index contributed by atoms with van der Waals surface area (Å²) in [4.78, 5) is 21.2. The molecule has 73 valence electrons. The van der Waals surface area contributed by atoms with E-state index in [1.165, 1.54) is 7.11 Å². The van der Waals surface area contributed by atoms with E-state index in [9.17, 15) is 9.59 Å². The number of carbonyl (C=O) groups is 2. The molecule has 0 aliphatic carbocycles. The second-order valence-electron chi connectivity index (χ2n) is 2.19. The number of methoxy groups -OCH3 is 1. The van der Waals surface area contributed by atoms with Crippen molar-refractivity contribution in [3.05, 3.63) is 0 Å². The highest BCUT2D eigenvalue weighted by Gasteiger charge is 2.23. The fraction of sp³-hybridized carbons (Fsp3) is 0.667. The van der Waals surface area contributed by atoms with E-state index in [4.69, 9.17) is 10.8 Å². The molecular formula is C6H11BNO5. The molecule has 0 aromatic carbocycles. The number of ether oxygens (including phenoxy) is 1. The average Bonchev–Trinajstić information content (AvgIpc) is 2.11. The van der Waals surface area contributed by atoms with Crippen molar-refractivity contribution in [2.75, 3.05) is 13.8 Å². The van der Waals surface area contributed by atoms with Crippen LogP contribution in [-0.2, 0) is 19.0 Å². The van der Waals surface area contributed by atoms with E-state index in [1.807, 2.05) is 0 Å². The minimum Gasteiger partial charge on any atom is -0.481 e. The van der Waals surface area contributed by atoms with Crippen molar-refractivity contribution >= 4 is 19.4 Å². The largest absolute Gasteiger partial charge is 0.481 e. The minimum atomic E-state index is -1.15. The van der Waals surface area contributed by atoms with E-state index in [2.05, 4.69) is 9.39 Å². The molecule has 0 fully saturated rings. The highest BCUT2D eigenvalue weighted by atomic mass is 16.5. The summed E-state index contributed by atoms with van der Waals surface area (Å²) in [7, 11) is 2.20. The summed E-state index contributed by atoms with van der Waals surface area (Å²) in [5.74, 6) is -2.78. The molecule has 13 heavy (non-hydrogen) atoms. The van der Waals surface area contributed by atoms with E-state index >= 15 is 0 Å². The van der Waals surface area contributed by atoms with Crippen LogP contribution in [0, 0.1) is 0 Å². The molecule has 0 heterocycles. The quantitative estimate of drug-likeness (QED) is 0.314. The first-order chi connectivity index (χ1) is 6.11. The summed E-state index contributed by atoms with van der Waals surface area (Å²) >= 11 is 0. The third-order valence-electron chi connectivity index (χ3n) is 1.29. The van der Waals surface area contributed by atoms with E-state index in [1.54, 1.807) is 0 Å². The lowest BCUT2D eigenvalue weighted by Gasteiger charge is -2.08. The molecule has 0 saturated heterocycles. The van der Waals surface area contributed by atoms with Crippen LogP contribution < -0.4 is 5.73 Å². The summed E-state index contributed by atoms with van der Waals surface area (Å²) in [6.07, 6.45) is -0.258. The molecule has 0 spiro atoms. The number of hydrogen-bond donors (Lipinski definition) is 2. The molecule has 0 saturated carbocycles. The second kappa shape index (κ2) is 6.44. The smallest absolute Gasteiger partial charge is 0.309 e. The van der Waals surface area contributed by atoms with Crippen LogP contribution in [0.15, 0.2) is 0 Å². The Hall–Kier alpha value is -1.08. The molecule has 0 aliphatic heterocycles. The second-order valence-corrected chi connectivity index (χ2v) is 2.19. The molecule has 6 nitrogen and oxygen atoms in total. The van der Waals surface area contributed by atoms with Gasteiger partial charge in [0.05, 0.1) is 26.1 Å². The Morgan fingerprint density at radius 2 is 2.23 bits per heavy atom. The normalized spacial score (nSPS) is 11.8. The van der Waals surface area contributed by atoms with Gasteiger partial charge in [0.15, 0.2) is 0 Å². The van der Waals surface area contributed by atoms with Gasteiger partial charge in [-0.3, -0.25) is 9.59 Å². The first kappa shape index (κ1) is 11.9. The molecular weight excluding hydrogens is 177 g/mol. The minimum absolute atomic E-state index is 0.120. The lowest BCUT2D eigenvalue weighted by Crippen LogP contribution is -2.23. The lowest BCUT2D eigenvalue weighted by atomic mass is 9.78. The van der Waals surface area contributed by atoms with E-state index in [-0.39, 0.29) is 13.2 Å². The fourth-order valence-corrected chi connectivity index (χ4v) is 0.628. The van der Waals surface area contributed by atoms with Crippen molar-refractivity contribution in [3.63, 3.8) is 0 Å². The molecule has 0 unspecified atom stereocenters. The number of carbonyl (C=O) groups excluding carboxylic acids is 1. The number of rotatable bonds is 6. The van der Waals surface area contributed by atoms with E-state index in [0.29, 0.717) is 0 Å². The van der Waals surface area contributed by atoms with Crippen LogP contribution >= 0.6 is 0 Å². The van der Waals surface area contributed by atoms with Crippen molar-refractivity contribution in [3.8, 4) is 0 Å². The number of carboxylic acids is 1. The maximum Gasteiger partial charge on any atom is 0.309 e. The molecule has 1 atom stereocenters. The van der Waals surface area contributed by atoms with Gasteiger partial charge in [0.1, 0.15) is 0 Å². The van der Waals surface area contributed by atoms with Crippen LogP contribution in [0.25, 0.3) is 0 Å². The Balaban J connectivity index is 3.94. The van der Waals surface area contributed by atoms with Crippen LogP contribution in [0.5, 0.6) is 0 Å². The third-order valence-corrected chi connectivity index (χ3v) is 1.29. The van der Waals surface area contributed by atoms with Gasteiger partial charge in [0.25, 0.3) is 0 Å². The van der Waals surface area contributed by atoms with Crippen molar-refractivity contribution < 1.29 is 24.1 Å². The van der Waals surface area contributed by atoms with Crippen molar-refractivity contribution in [2.45, 2.75) is 12.2 Å². The molecule has 3 N–H and O–H groups in total. The first-order valence-electron chi connectivity index (χ1n) is 3.56. The lowest BCUT2D eigenvalue weighted by molar-refractivity contribution is -0.145. The van der Waals surface area contributed by atoms with Gasteiger partial charge in [0, 0.05) is 0 Å². The monoisotopic (exact) mass is 188 g/mol. The van der Waals surface area contributed by atoms with Gasteiger partial charge >= 0.3 is 19.4 Å². The van der Waals surface area contributed by atoms with Crippen molar-refractivity contribution in [2.24, 2.45) is 5.73 Å². The zero-order valence-corrected chi connectivity index (χ0v) is 7.23. The topological polar surface area (TPSA) is 98.9 Å². The third kappa shape index (κ3) is 5.21. The summed E-state index contributed by atoms with van der Waals surface area (Å²) in [5, 5.41) is 8.58. The Morgan fingerprint density at radius 3 is 2.62 bits per heavy atom. The highest BCUT2D eigenvalue weighted by Crippen LogP contribution is 2.10. The van der Waals surface area contributed by atoms with Gasteiger partial charge in [-0.15, -0.1) is 0 Å². The number of nitrogens with two attached hydrogens (primary N) is 1. The van der Waals surface area contributed by atoms with Gasteiger partial charge < -0.3 is 20.2 Å². The van der Waals surface area contributed by atoms with Gasteiger partial charge in [-0.05, 0) is 0 Å². The van der Waals surface area contributed by atoms with Crippen LogP contribution in [0.1, 0.15) is 6.42 Å². The number of aliphatic carboxylic acids is 1. The zero-order valence-electron chi connectivity index (χ0n) is 7.23. The molecule has 0 aromatic heterocycles.